The molecule has 0 aromatic heterocycles. The van der Waals surface area contributed by atoms with Crippen molar-refractivity contribution in [1.82, 2.24) is 5.32 Å². The van der Waals surface area contributed by atoms with Crippen molar-refractivity contribution in [3.05, 3.63) is 0 Å². The SMILES string of the molecule is CC1CCC(C)C(F)C1.CC1CCC(C)CC1.CC1CCC(C)NC1. The summed E-state index contributed by atoms with van der Waals surface area (Å²) in [5.74, 6) is 3.89. The molecule has 0 spiro atoms. The van der Waals surface area contributed by atoms with Crippen molar-refractivity contribution in [1.29, 1.82) is 0 Å². The van der Waals surface area contributed by atoms with Crippen LogP contribution in [0.1, 0.15) is 99.3 Å². The third-order valence-electron chi connectivity index (χ3n) is 6.57. The van der Waals surface area contributed by atoms with Crippen LogP contribution in [0, 0.1) is 29.6 Å². The zero-order valence-electron chi connectivity index (χ0n) is 18.0. The van der Waals surface area contributed by atoms with E-state index < -0.39 is 6.17 Å². The summed E-state index contributed by atoms with van der Waals surface area (Å²) in [5, 5.41) is 3.43. The molecule has 0 radical (unpaired) electrons. The number of rotatable bonds is 0. The first-order chi connectivity index (χ1) is 11.8. The number of hydrogen-bond donors (Lipinski definition) is 1. The van der Waals surface area contributed by atoms with Crippen LogP contribution in [0.4, 0.5) is 4.39 Å². The second-order valence-corrected chi connectivity index (χ2v) is 9.77. The van der Waals surface area contributed by atoms with E-state index in [4.69, 9.17) is 0 Å². The van der Waals surface area contributed by atoms with Crippen LogP contribution >= 0.6 is 0 Å². The van der Waals surface area contributed by atoms with Crippen LogP contribution in [0.25, 0.3) is 0 Å². The van der Waals surface area contributed by atoms with Crippen LogP contribution in [-0.4, -0.2) is 18.8 Å². The molecular formula is C23H46FN. The summed E-state index contributed by atoms with van der Waals surface area (Å²) in [6, 6.07) is 0.770. The molecule has 1 saturated heterocycles. The van der Waals surface area contributed by atoms with E-state index in [9.17, 15) is 4.39 Å². The van der Waals surface area contributed by atoms with Crippen molar-refractivity contribution in [3.63, 3.8) is 0 Å². The van der Waals surface area contributed by atoms with Crippen molar-refractivity contribution in [3.8, 4) is 0 Å². The molecule has 150 valence electrons. The maximum absolute atomic E-state index is 12.8. The van der Waals surface area contributed by atoms with Gasteiger partial charge >= 0.3 is 0 Å². The average Bonchev–Trinajstić information content (AvgIpc) is 2.58. The minimum atomic E-state index is -0.520. The van der Waals surface area contributed by atoms with Gasteiger partial charge in [0.05, 0.1) is 0 Å². The lowest BCUT2D eigenvalue weighted by Gasteiger charge is -2.26. The van der Waals surface area contributed by atoms with E-state index in [2.05, 4.69) is 39.9 Å². The molecule has 3 aliphatic rings. The van der Waals surface area contributed by atoms with Crippen LogP contribution < -0.4 is 5.32 Å². The second-order valence-electron chi connectivity index (χ2n) is 9.77. The number of halogens is 1. The van der Waals surface area contributed by atoms with Crippen LogP contribution in [0.3, 0.4) is 0 Å². The fraction of sp³-hybridized carbons (Fsp3) is 1.00. The Kier molecular flexibility index (Phi) is 11.3. The Morgan fingerprint density at radius 1 is 0.600 bits per heavy atom. The Morgan fingerprint density at radius 2 is 1.08 bits per heavy atom. The van der Waals surface area contributed by atoms with E-state index in [-0.39, 0.29) is 0 Å². The molecule has 3 fully saturated rings. The fourth-order valence-electron chi connectivity index (χ4n) is 4.03. The first kappa shape index (κ1) is 22.9. The molecule has 0 aromatic rings. The molecule has 5 unspecified atom stereocenters. The van der Waals surface area contributed by atoms with Gasteiger partial charge in [-0.2, -0.15) is 0 Å². The fourth-order valence-corrected chi connectivity index (χ4v) is 4.03. The molecule has 0 bridgehead atoms. The van der Waals surface area contributed by atoms with Crippen molar-refractivity contribution >= 4 is 0 Å². The first-order valence-corrected chi connectivity index (χ1v) is 11.1. The molecule has 0 amide bonds. The van der Waals surface area contributed by atoms with Gasteiger partial charge in [-0.1, -0.05) is 66.7 Å². The van der Waals surface area contributed by atoms with Gasteiger partial charge in [0.2, 0.25) is 0 Å². The van der Waals surface area contributed by atoms with Gasteiger partial charge in [0, 0.05) is 6.04 Å². The van der Waals surface area contributed by atoms with Crippen molar-refractivity contribution in [2.24, 2.45) is 29.6 Å². The van der Waals surface area contributed by atoms with E-state index in [1.165, 1.54) is 51.5 Å². The quantitative estimate of drug-likeness (QED) is 0.493. The minimum Gasteiger partial charge on any atom is -0.314 e. The summed E-state index contributed by atoms with van der Waals surface area (Å²) in [6.45, 7) is 14.7. The summed E-state index contributed by atoms with van der Waals surface area (Å²) in [5.41, 5.74) is 0. The molecule has 25 heavy (non-hydrogen) atoms. The predicted octanol–water partition coefficient (Wildman–Crippen LogP) is 7.01. The standard InChI is InChI=1S/C8H15F.C8H16.C7H15N/c1-6-3-4-7(2)8(9)5-6;1-7-3-5-8(2)6-4-7;1-6-3-4-7(2)8-5-6/h6-8H,3-5H2,1-2H3;7-8H,3-6H2,1-2H3;6-8H,3-5H2,1-2H3. The summed E-state index contributed by atoms with van der Waals surface area (Å²) >= 11 is 0. The molecule has 2 heteroatoms. The van der Waals surface area contributed by atoms with E-state index in [0.717, 1.165) is 36.6 Å². The van der Waals surface area contributed by atoms with Gasteiger partial charge < -0.3 is 5.32 Å². The first-order valence-electron chi connectivity index (χ1n) is 11.1. The van der Waals surface area contributed by atoms with Gasteiger partial charge in [-0.3, -0.25) is 0 Å². The van der Waals surface area contributed by atoms with Gasteiger partial charge in [-0.15, -0.1) is 0 Å². The third kappa shape index (κ3) is 10.6. The number of alkyl halides is 1. The highest BCUT2D eigenvalue weighted by Crippen LogP contribution is 2.30. The minimum absolute atomic E-state index is 0.321. The van der Waals surface area contributed by atoms with Crippen LogP contribution in [0.15, 0.2) is 0 Å². The maximum atomic E-state index is 12.8. The zero-order valence-corrected chi connectivity index (χ0v) is 18.0. The Morgan fingerprint density at radius 3 is 1.44 bits per heavy atom. The van der Waals surface area contributed by atoms with Crippen molar-refractivity contribution in [2.45, 2.75) is 112 Å². The van der Waals surface area contributed by atoms with E-state index in [1.54, 1.807) is 0 Å². The Balaban J connectivity index is 0.000000188. The molecule has 1 heterocycles. The lowest BCUT2D eigenvalue weighted by atomic mass is 9.83. The Bertz CT molecular complexity index is 276. The number of piperidine rings is 1. The average molecular weight is 356 g/mol. The van der Waals surface area contributed by atoms with Gasteiger partial charge in [-0.05, 0) is 68.7 Å². The van der Waals surface area contributed by atoms with Gasteiger partial charge in [-0.25, -0.2) is 4.39 Å². The topological polar surface area (TPSA) is 12.0 Å². The lowest BCUT2D eigenvalue weighted by Crippen LogP contribution is -2.35. The molecule has 2 saturated carbocycles. The smallest absolute Gasteiger partial charge is 0.103 e. The van der Waals surface area contributed by atoms with Crippen LogP contribution in [0.5, 0.6) is 0 Å². The molecule has 0 aromatic carbocycles. The Hall–Kier alpha value is -0.110. The number of hydrogen-bond acceptors (Lipinski definition) is 1. The summed E-state index contributed by atoms with van der Waals surface area (Å²) in [6.07, 6.45) is 11.2. The van der Waals surface area contributed by atoms with E-state index in [1.807, 2.05) is 6.92 Å². The summed E-state index contributed by atoms with van der Waals surface area (Å²) in [4.78, 5) is 0. The molecule has 1 aliphatic heterocycles. The molecule has 5 atom stereocenters. The molecule has 2 aliphatic carbocycles. The van der Waals surface area contributed by atoms with Crippen molar-refractivity contribution < 1.29 is 4.39 Å². The maximum Gasteiger partial charge on any atom is 0.103 e. The van der Waals surface area contributed by atoms with Gasteiger partial charge in [0.25, 0.3) is 0 Å². The highest BCUT2D eigenvalue weighted by Gasteiger charge is 2.24. The van der Waals surface area contributed by atoms with Gasteiger partial charge in [0.15, 0.2) is 0 Å². The summed E-state index contributed by atoms with van der Waals surface area (Å²) < 4.78 is 12.8. The molecular weight excluding hydrogens is 309 g/mol. The highest BCUT2D eigenvalue weighted by molar-refractivity contribution is 4.74. The normalized spacial score (nSPS) is 41.6. The van der Waals surface area contributed by atoms with Crippen molar-refractivity contribution in [2.75, 3.05) is 6.54 Å². The monoisotopic (exact) mass is 355 g/mol. The highest BCUT2D eigenvalue weighted by atomic mass is 19.1. The Labute approximate surface area is 157 Å². The summed E-state index contributed by atoms with van der Waals surface area (Å²) in [7, 11) is 0. The third-order valence-corrected chi connectivity index (χ3v) is 6.57. The molecule has 3 rings (SSSR count). The number of nitrogens with one attached hydrogen (secondary N) is 1. The van der Waals surface area contributed by atoms with Crippen LogP contribution in [-0.2, 0) is 0 Å². The predicted molar refractivity (Wildman–Crippen MR) is 110 cm³/mol. The van der Waals surface area contributed by atoms with E-state index in [0.29, 0.717) is 11.8 Å². The lowest BCUT2D eigenvalue weighted by molar-refractivity contribution is 0.145. The molecule has 1 nitrogen and oxygen atoms in total. The largest absolute Gasteiger partial charge is 0.314 e. The second kappa shape index (κ2) is 12.3. The zero-order chi connectivity index (χ0) is 18.8. The van der Waals surface area contributed by atoms with Gasteiger partial charge in [0.1, 0.15) is 6.17 Å². The van der Waals surface area contributed by atoms with E-state index >= 15 is 0 Å². The van der Waals surface area contributed by atoms with Crippen LogP contribution in [0.2, 0.25) is 0 Å². The molecule has 1 N–H and O–H groups in total.